The minimum Gasteiger partial charge on any atom is -0.372 e. The van der Waals surface area contributed by atoms with E-state index >= 15 is 0 Å². The molecule has 0 saturated carbocycles. The van der Waals surface area contributed by atoms with E-state index < -0.39 is 17.9 Å². The summed E-state index contributed by atoms with van der Waals surface area (Å²) in [7, 11) is 0. The Bertz CT molecular complexity index is 1600. The van der Waals surface area contributed by atoms with Gasteiger partial charge in [-0.25, -0.2) is 13.8 Å². The van der Waals surface area contributed by atoms with Crippen LogP contribution in [0.1, 0.15) is 80.9 Å². The van der Waals surface area contributed by atoms with E-state index in [-0.39, 0.29) is 38.6 Å². The number of imidazole rings is 1. The minimum absolute atomic E-state index is 0.0179. The summed E-state index contributed by atoms with van der Waals surface area (Å²) in [6.07, 6.45) is 0.358. The predicted molar refractivity (Wildman–Crippen MR) is 172 cm³/mol. The van der Waals surface area contributed by atoms with Crippen LogP contribution in [0.5, 0.6) is 0 Å². The van der Waals surface area contributed by atoms with Gasteiger partial charge in [0.1, 0.15) is 11.6 Å². The molecule has 2 aromatic heterocycles. The van der Waals surface area contributed by atoms with Gasteiger partial charge in [0.05, 0.1) is 32.4 Å². The van der Waals surface area contributed by atoms with Crippen LogP contribution in [-0.2, 0) is 22.6 Å². The van der Waals surface area contributed by atoms with E-state index in [9.17, 15) is 23.6 Å². The Morgan fingerprint density at radius 2 is 1.98 bits per heavy atom. The molecule has 0 bridgehead atoms. The Morgan fingerprint density at radius 1 is 1.22 bits per heavy atom. The van der Waals surface area contributed by atoms with Crippen molar-refractivity contribution in [3.05, 3.63) is 57.3 Å². The van der Waals surface area contributed by atoms with Crippen molar-refractivity contribution in [2.24, 2.45) is 5.41 Å². The Kier molecular flexibility index (Phi) is 10.8. The van der Waals surface area contributed by atoms with Crippen LogP contribution in [0.25, 0.3) is 11.0 Å². The quantitative estimate of drug-likeness (QED) is 0.169. The van der Waals surface area contributed by atoms with Crippen molar-refractivity contribution in [1.82, 2.24) is 19.8 Å². The van der Waals surface area contributed by atoms with Crippen molar-refractivity contribution in [2.45, 2.75) is 85.5 Å². The van der Waals surface area contributed by atoms with Crippen LogP contribution in [0.3, 0.4) is 0 Å². The fraction of sp³-hybridized carbons (Fsp3) is 0.515. The average molecular weight is 641 g/mol. The summed E-state index contributed by atoms with van der Waals surface area (Å²) >= 11 is 0.738. The SMILES string of the molecule is CCOC(C)(C)C=C(C#N)C(=O)N1CCC[C@@H]1Cn1c(NC(=O)c2ccc(C(F)F)s2)nc2cc(CNCC(C)(C)C)ccc21. The lowest BCUT2D eigenvalue weighted by molar-refractivity contribution is -0.127. The topological polar surface area (TPSA) is 112 Å². The number of nitriles is 1. The summed E-state index contributed by atoms with van der Waals surface area (Å²) < 4.78 is 34.0. The van der Waals surface area contributed by atoms with Gasteiger partial charge in [0, 0.05) is 32.8 Å². The van der Waals surface area contributed by atoms with Gasteiger partial charge in [-0.15, -0.1) is 11.3 Å². The summed E-state index contributed by atoms with van der Waals surface area (Å²) in [5.74, 6) is -0.648. The largest absolute Gasteiger partial charge is 0.372 e. The zero-order valence-electron chi connectivity index (χ0n) is 26.7. The first-order valence-electron chi connectivity index (χ1n) is 15.2. The molecule has 3 aromatic rings. The molecule has 1 saturated heterocycles. The second-order valence-corrected chi connectivity index (χ2v) is 14.1. The molecule has 45 heavy (non-hydrogen) atoms. The van der Waals surface area contributed by atoms with E-state index in [1.54, 1.807) is 24.8 Å². The van der Waals surface area contributed by atoms with Crippen LogP contribution in [0.15, 0.2) is 42.0 Å². The maximum Gasteiger partial charge on any atom is 0.272 e. The third-order valence-corrected chi connectivity index (χ3v) is 8.57. The third kappa shape index (κ3) is 8.75. The summed E-state index contributed by atoms with van der Waals surface area (Å²) in [6.45, 7) is 14.6. The molecular formula is C33H42F2N6O3S. The zero-order chi connectivity index (χ0) is 32.9. The lowest BCUT2D eigenvalue weighted by Crippen LogP contribution is -2.39. The van der Waals surface area contributed by atoms with Gasteiger partial charge in [0.25, 0.3) is 18.2 Å². The highest BCUT2D eigenvalue weighted by Gasteiger charge is 2.33. The lowest BCUT2D eigenvalue weighted by atomic mass is 9.97. The van der Waals surface area contributed by atoms with Crippen LogP contribution in [0, 0.1) is 16.7 Å². The smallest absolute Gasteiger partial charge is 0.272 e. The van der Waals surface area contributed by atoms with E-state index in [0.717, 1.165) is 35.4 Å². The highest BCUT2D eigenvalue weighted by atomic mass is 32.1. The van der Waals surface area contributed by atoms with Crippen LogP contribution < -0.4 is 10.6 Å². The Labute approximate surface area is 267 Å². The summed E-state index contributed by atoms with van der Waals surface area (Å²) in [5, 5.41) is 16.1. The van der Waals surface area contributed by atoms with Crippen molar-refractivity contribution in [3.63, 3.8) is 0 Å². The van der Waals surface area contributed by atoms with Gasteiger partial charge in [0.15, 0.2) is 0 Å². The molecule has 3 heterocycles. The highest BCUT2D eigenvalue weighted by molar-refractivity contribution is 7.14. The van der Waals surface area contributed by atoms with Gasteiger partial charge in [0.2, 0.25) is 5.95 Å². The van der Waals surface area contributed by atoms with Crippen molar-refractivity contribution in [1.29, 1.82) is 5.26 Å². The molecule has 0 aliphatic carbocycles. The zero-order valence-corrected chi connectivity index (χ0v) is 27.6. The van der Waals surface area contributed by atoms with Crippen LogP contribution in [0.4, 0.5) is 14.7 Å². The van der Waals surface area contributed by atoms with E-state index in [1.165, 1.54) is 12.1 Å². The van der Waals surface area contributed by atoms with Gasteiger partial charge in [-0.3, -0.25) is 14.9 Å². The van der Waals surface area contributed by atoms with E-state index in [4.69, 9.17) is 9.72 Å². The number of carbonyl (C=O) groups is 2. The van der Waals surface area contributed by atoms with Crippen LogP contribution >= 0.6 is 11.3 Å². The molecule has 1 atom stereocenters. The number of nitrogens with zero attached hydrogens (tertiary/aromatic N) is 4. The number of benzene rings is 1. The number of anilines is 1. The first-order valence-corrected chi connectivity index (χ1v) is 16.0. The molecule has 0 unspecified atom stereocenters. The van der Waals surface area contributed by atoms with Gasteiger partial charge < -0.3 is 19.5 Å². The molecule has 1 aliphatic heterocycles. The Morgan fingerprint density at radius 3 is 2.62 bits per heavy atom. The van der Waals surface area contributed by atoms with Crippen molar-refractivity contribution in [3.8, 4) is 6.07 Å². The van der Waals surface area contributed by atoms with E-state index in [2.05, 4.69) is 37.5 Å². The number of amides is 2. The number of hydrogen-bond acceptors (Lipinski definition) is 7. The van der Waals surface area contributed by atoms with Gasteiger partial charge in [-0.05, 0) is 74.9 Å². The average Bonchev–Trinajstić information content (AvgIpc) is 3.70. The molecular weight excluding hydrogens is 598 g/mol. The summed E-state index contributed by atoms with van der Waals surface area (Å²) in [4.78, 5) is 33.2. The summed E-state index contributed by atoms with van der Waals surface area (Å²) in [5.41, 5.74) is 1.80. The summed E-state index contributed by atoms with van der Waals surface area (Å²) in [6, 6.07) is 10.3. The number of likely N-dealkylation sites (tertiary alicyclic amines) is 1. The second-order valence-electron chi connectivity index (χ2n) is 13.0. The molecule has 242 valence electrons. The van der Waals surface area contributed by atoms with Crippen molar-refractivity contribution < 1.29 is 23.1 Å². The maximum atomic E-state index is 13.6. The fourth-order valence-electron chi connectivity index (χ4n) is 5.46. The standard InChI is InChI=1S/C33H42F2N6O3S/c1-7-44-33(5,6)16-22(17-36)30(43)40-14-8-9-23(40)19-41-25-11-10-21(18-37-20-32(2,3)4)15-24(25)38-31(41)39-29(42)27-13-12-26(45-27)28(34)35/h10-13,15-16,23,28,37H,7-9,14,18-20H2,1-6H3,(H,38,39,42)/t23-/m1/s1. The lowest BCUT2D eigenvalue weighted by Gasteiger charge is -2.27. The molecule has 2 N–H and O–H groups in total. The first kappa shape index (κ1) is 34.2. The normalized spacial score (nSPS) is 16.0. The number of fused-ring (bicyclic) bond motifs is 1. The van der Waals surface area contributed by atoms with Crippen LogP contribution in [0.2, 0.25) is 0 Å². The first-order chi connectivity index (χ1) is 21.2. The molecule has 1 aromatic carbocycles. The number of nitrogens with one attached hydrogen (secondary N) is 2. The van der Waals surface area contributed by atoms with Crippen molar-refractivity contribution in [2.75, 3.05) is 25.0 Å². The molecule has 0 radical (unpaired) electrons. The Balaban J connectivity index is 1.65. The van der Waals surface area contributed by atoms with E-state index in [1.807, 2.05) is 29.7 Å². The Hall–Kier alpha value is -3.66. The second kappa shape index (κ2) is 14.2. The number of carbonyl (C=O) groups excluding carboxylic acids is 2. The highest BCUT2D eigenvalue weighted by Crippen LogP contribution is 2.30. The molecule has 0 spiro atoms. The molecule has 2 amide bonds. The number of rotatable bonds is 12. The number of ether oxygens (including phenoxy) is 1. The van der Waals surface area contributed by atoms with E-state index in [0.29, 0.717) is 38.2 Å². The molecule has 1 aliphatic rings. The van der Waals surface area contributed by atoms with Gasteiger partial charge in [-0.1, -0.05) is 26.8 Å². The number of alkyl halides is 2. The van der Waals surface area contributed by atoms with Crippen LogP contribution in [-0.4, -0.2) is 57.6 Å². The molecule has 9 nitrogen and oxygen atoms in total. The molecule has 1 fully saturated rings. The third-order valence-electron chi connectivity index (χ3n) is 7.48. The number of aromatic nitrogens is 2. The molecule has 4 rings (SSSR count). The molecule has 12 heteroatoms. The monoisotopic (exact) mass is 640 g/mol. The van der Waals surface area contributed by atoms with Crippen molar-refractivity contribution >= 4 is 40.1 Å². The number of halogens is 2. The maximum absolute atomic E-state index is 13.6. The predicted octanol–water partition coefficient (Wildman–Crippen LogP) is 6.68. The van der Waals surface area contributed by atoms with Gasteiger partial charge >= 0.3 is 0 Å². The van der Waals surface area contributed by atoms with Gasteiger partial charge in [-0.2, -0.15) is 5.26 Å². The fourth-order valence-corrected chi connectivity index (χ4v) is 6.22. The minimum atomic E-state index is -2.66. The number of hydrogen-bond donors (Lipinski definition) is 2. The number of thiophene rings is 1.